The van der Waals surface area contributed by atoms with Crippen LogP contribution in [-0.2, 0) is 14.6 Å². The molecule has 2 rings (SSSR count). The summed E-state index contributed by atoms with van der Waals surface area (Å²) in [7, 11) is -3.26. The zero-order valence-corrected chi connectivity index (χ0v) is 9.45. The van der Waals surface area contributed by atoms with Crippen molar-refractivity contribution in [2.45, 2.75) is 11.8 Å². The lowest BCUT2D eigenvalue weighted by atomic mass is 10.2. The molecular formula is C11H10O4S. The van der Waals surface area contributed by atoms with Gasteiger partial charge < -0.3 is 4.74 Å². The van der Waals surface area contributed by atoms with Crippen LogP contribution in [0.15, 0.2) is 28.5 Å². The first-order chi connectivity index (χ1) is 7.49. The quantitative estimate of drug-likeness (QED) is 0.798. The number of carbonyl (C=O) groups is 1. The van der Waals surface area contributed by atoms with E-state index in [4.69, 9.17) is 4.74 Å². The molecule has 5 heteroatoms. The second-order valence-electron chi connectivity index (χ2n) is 3.54. The third-order valence-electron chi connectivity index (χ3n) is 2.16. The van der Waals surface area contributed by atoms with Crippen LogP contribution < -0.4 is 4.74 Å². The number of hydrogen-bond acceptors (Lipinski definition) is 4. The van der Waals surface area contributed by atoms with E-state index in [-0.39, 0.29) is 17.3 Å². The van der Waals surface area contributed by atoms with E-state index in [2.05, 4.69) is 0 Å². The average Bonchev–Trinajstić information content (AvgIpc) is 2.52. The zero-order chi connectivity index (χ0) is 11.8. The summed E-state index contributed by atoms with van der Waals surface area (Å²) in [6.07, 6.45) is 1.52. The van der Waals surface area contributed by atoms with E-state index in [9.17, 15) is 13.2 Å². The van der Waals surface area contributed by atoms with Crippen LogP contribution in [0.1, 0.15) is 12.5 Å². The molecule has 0 amide bonds. The molecule has 0 N–H and O–H groups in total. The fraction of sp³-hybridized carbons (Fsp3) is 0.182. The number of ketones is 1. The maximum absolute atomic E-state index is 11.4. The molecule has 0 radical (unpaired) electrons. The minimum absolute atomic E-state index is 0.00471. The van der Waals surface area contributed by atoms with Crippen LogP contribution in [-0.4, -0.2) is 20.8 Å². The van der Waals surface area contributed by atoms with Crippen molar-refractivity contribution in [3.8, 4) is 5.75 Å². The van der Waals surface area contributed by atoms with E-state index < -0.39 is 9.84 Å². The molecule has 0 aromatic heterocycles. The van der Waals surface area contributed by atoms with E-state index in [0.717, 1.165) is 5.41 Å². The standard InChI is InChI=1S/C11H10O4S/c1-8(12)7-15-10-2-3-11-9(6-10)4-5-16(11,13)14/h2-6H,7H2,1H3. The monoisotopic (exact) mass is 238 g/mol. The Morgan fingerprint density at radius 3 is 2.81 bits per heavy atom. The maximum atomic E-state index is 11.4. The van der Waals surface area contributed by atoms with Crippen molar-refractivity contribution < 1.29 is 17.9 Å². The Balaban J connectivity index is 2.29. The molecule has 1 heterocycles. The predicted molar refractivity (Wildman–Crippen MR) is 58.8 cm³/mol. The van der Waals surface area contributed by atoms with Gasteiger partial charge in [0.1, 0.15) is 12.4 Å². The first-order valence-electron chi connectivity index (χ1n) is 4.68. The van der Waals surface area contributed by atoms with Gasteiger partial charge in [0.15, 0.2) is 15.6 Å². The van der Waals surface area contributed by atoms with Crippen molar-refractivity contribution in [3.63, 3.8) is 0 Å². The fourth-order valence-corrected chi connectivity index (χ4v) is 2.61. The van der Waals surface area contributed by atoms with Gasteiger partial charge in [0.25, 0.3) is 0 Å². The summed E-state index contributed by atoms with van der Waals surface area (Å²) in [5.41, 5.74) is 0.598. The van der Waals surface area contributed by atoms with E-state index in [1.807, 2.05) is 0 Å². The number of benzene rings is 1. The number of sulfone groups is 1. The van der Waals surface area contributed by atoms with Gasteiger partial charge in [-0.1, -0.05) is 0 Å². The molecule has 0 fully saturated rings. The maximum Gasteiger partial charge on any atom is 0.200 e. The van der Waals surface area contributed by atoms with Gasteiger partial charge in [0, 0.05) is 5.41 Å². The largest absolute Gasteiger partial charge is 0.486 e. The highest BCUT2D eigenvalue weighted by molar-refractivity contribution is 7.94. The molecule has 1 aromatic rings. The van der Waals surface area contributed by atoms with Crippen molar-refractivity contribution >= 4 is 21.7 Å². The van der Waals surface area contributed by atoms with E-state index in [1.54, 1.807) is 12.1 Å². The normalized spacial score (nSPS) is 15.8. The number of ether oxygens (including phenoxy) is 1. The van der Waals surface area contributed by atoms with Crippen molar-refractivity contribution in [1.29, 1.82) is 0 Å². The van der Waals surface area contributed by atoms with Gasteiger partial charge >= 0.3 is 0 Å². The Morgan fingerprint density at radius 2 is 2.12 bits per heavy atom. The van der Waals surface area contributed by atoms with Crippen LogP contribution >= 0.6 is 0 Å². The topological polar surface area (TPSA) is 60.4 Å². The zero-order valence-electron chi connectivity index (χ0n) is 8.64. The smallest absolute Gasteiger partial charge is 0.200 e. The second-order valence-corrected chi connectivity index (χ2v) is 5.34. The van der Waals surface area contributed by atoms with E-state index in [0.29, 0.717) is 11.3 Å². The van der Waals surface area contributed by atoms with Crippen LogP contribution in [0.3, 0.4) is 0 Å². The van der Waals surface area contributed by atoms with Gasteiger partial charge in [-0.3, -0.25) is 4.79 Å². The Bertz CT molecular complexity index is 570. The minimum atomic E-state index is -3.26. The first-order valence-corrected chi connectivity index (χ1v) is 6.23. The summed E-state index contributed by atoms with van der Waals surface area (Å²) in [6, 6.07) is 4.64. The number of hydrogen-bond donors (Lipinski definition) is 0. The Labute approximate surface area is 93.5 Å². The number of fused-ring (bicyclic) bond motifs is 1. The Morgan fingerprint density at radius 1 is 1.38 bits per heavy atom. The Kier molecular flexibility index (Phi) is 2.55. The third-order valence-corrected chi connectivity index (χ3v) is 3.64. The molecular weight excluding hydrogens is 228 g/mol. The molecule has 0 atom stereocenters. The fourth-order valence-electron chi connectivity index (χ4n) is 1.43. The molecule has 0 spiro atoms. The van der Waals surface area contributed by atoms with Crippen molar-refractivity contribution in [1.82, 2.24) is 0 Å². The minimum Gasteiger partial charge on any atom is -0.486 e. The van der Waals surface area contributed by atoms with Crippen LogP contribution in [0.25, 0.3) is 6.08 Å². The highest BCUT2D eigenvalue weighted by Gasteiger charge is 2.20. The van der Waals surface area contributed by atoms with Crippen molar-refractivity contribution in [2.75, 3.05) is 6.61 Å². The highest BCUT2D eigenvalue weighted by atomic mass is 32.2. The molecule has 0 bridgehead atoms. The molecule has 0 saturated heterocycles. The van der Waals surface area contributed by atoms with Gasteiger partial charge in [0.2, 0.25) is 0 Å². The van der Waals surface area contributed by atoms with Crippen molar-refractivity contribution in [3.05, 3.63) is 29.2 Å². The van der Waals surface area contributed by atoms with Crippen LogP contribution in [0.4, 0.5) is 0 Å². The molecule has 1 aromatic carbocycles. The van der Waals surface area contributed by atoms with Crippen LogP contribution in [0.5, 0.6) is 5.75 Å². The lowest BCUT2D eigenvalue weighted by Gasteiger charge is -2.05. The lowest BCUT2D eigenvalue weighted by Crippen LogP contribution is -2.06. The summed E-state index contributed by atoms with van der Waals surface area (Å²) < 4.78 is 28.1. The summed E-state index contributed by atoms with van der Waals surface area (Å²) in [5.74, 6) is 0.416. The number of carbonyl (C=O) groups excluding carboxylic acids is 1. The van der Waals surface area contributed by atoms with Crippen LogP contribution in [0, 0.1) is 0 Å². The van der Waals surface area contributed by atoms with Gasteiger partial charge in [-0.25, -0.2) is 8.42 Å². The van der Waals surface area contributed by atoms with Gasteiger partial charge in [-0.15, -0.1) is 0 Å². The summed E-state index contributed by atoms with van der Waals surface area (Å²) >= 11 is 0. The van der Waals surface area contributed by atoms with Crippen molar-refractivity contribution in [2.24, 2.45) is 0 Å². The number of Topliss-reactive ketones (excluding diaryl/α,β-unsaturated/α-hetero) is 1. The average molecular weight is 238 g/mol. The molecule has 0 aliphatic carbocycles. The molecule has 0 saturated carbocycles. The molecule has 16 heavy (non-hydrogen) atoms. The van der Waals surface area contributed by atoms with Gasteiger partial charge in [0.05, 0.1) is 4.90 Å². The molecule has 84 valence electrons. The predicted octanol–water partition coefficient (Wildman–Crippen LogP) is 1.41. The van der Waals surface area contributed by atoms with Gasteiger partial charge in [-0.05, 0) is 36.8 Å². The Hall–Kier alpha value is -1.62. The summed E-state index contributed by atoms with van der Waals surface area (Å²) in [6.45, 7) is 1.42. The second kappa shape index (κ2) is 3.75. The molecule has 1 aliphatic heterocycles. The summed E-state index contributed by atoms with van der Waals surface area (Å²) in [4.78, 5) is 11.0. The first kappa shape index (κ1) is 10.9. The van der Waals surface area contributed by atoms with Gasteiger partial charge in [-0.2, -0.15) is 0 Å². The SMILES string of the molecule is CC(=O)COc1ccc2c(c1)C=CS2(=O)=O. The molecule has 4 nitrogen and oxygen atoms in total. The summed E-state index contributed by atoms with van der Waals surface area (Å²) in [5, 5.41) is 1.16. The van der Waals surface area contributed by atoms with Crippen LogP contribution in [0.2, 0.25) is 0 Å². The molecule has 0 unspecified atom stereocenters. The molecule has 1 aliphatic rings. The highest BCUT2D eigenvalue weighted by Crippen LogP contribution is 2.29. The third kappa shape index (κ3) is 1.99. The number of rotatable bonds is 3. The van der Waals surface area contributed by atoms with E-state index in [1.165, 1.54) is 19.1 Å². The van der Waals surface area contributed by atoms with E-state index >= 15 is 0 Å². The lowest BCUT2D eigenvalue weighted by molar-refractivity contribution is -0.118.